The number of nitrogens with one attached hydrogen (secondary N) is 1. The van der Waals surface area contributed by atoms with Crippen LogP contribution in [0.3, 0.4) is 0 Å². The fraction of sp³-hybridized carbons (Fsp3) is 0.600. The van der Waals surface area contributed by atoms with E-state index in [2.05, 4.69) is 12.2 Å². The number of H-pyrrole nitrogens is 1. The molecule has 118 valence electrons. The fourth-order valence-corrected chi connectivity index (χ4v) is 2.30. The van der Waals surface area contributed by atoms with Crippen LogP contribution in [0.4, 0.5) is 22.0 Å². The third-order valence-corrected chi connectivity index (χ3v) is 3.40. The van der Waals surface area contributed by atoms with Crippen molar-refractivity contribution in [2.24, 2.45) is 0 Å². The van der Waals surface area contributed by atoms with E-state index < -0.39 is 53.4 Å². The molecule has 3 atom stereocenters. The molecule has 5 nitrogen and oxygen atoms in total. The number of aliphatic hydroxyl groups excluding tert-OH is 1. The Morgan fingerprint density at radius 3 is 2.71 bits per heavy atom. The number of halogens is 5. The van der Waals surface area contributed by atoms with E-state index in [0.717, 1.165) is 0 Å². The van der Waals surface area contributed by atoms with Gasteiger partial charge in [-0.15, -0.1) is 0 Å². The first-order valence-corrected chi connectivity index (χ1v) is 6.04. The highest BCUT2D eigenvalue weighted by Crippen LogP contribution is 2.51. The van der Waals surface area contributed by atoms with E-state index in [0.29, 0.717) is 10.8 Å². The van der Waals surface area contributed by atoms with Crippen molar-refractivity contribution in [1.29, 1.82) is 0 Å². The third kappa shape index (κ3) is 2.60. The van der Waals surface area contributed by atoms with Crippen LogP contribution >= 0.6 is 12.2 Å². The highest BCUT2D eigenvalue weighted by atomic mass is 32.1. The normalized spacial score (nSPS) is 29.8. The van der Waals surface area contributed by atoms with Crippen molar-refractivity contribution in [2.45, 2.75) is 30.6 Å². The van der Waals surface area contributed by atoms with Gasteiger partial charge in [0, 0.05) is 6.42 Å². The van der Waals surface area contributed by atoms with Gasteiger partial charge >= 0.3 is 6.18 Å². The minimum atomic E-state index is -5.33. The lowest BCUT2D eigenvalue weighted by Gasteiger charge is -2.29. The first-order valence-electron chi connectivity index (χ1n) is 5.63. The molecule has 3 unspecified atom stereocenters. The number of ether oxygens (including phenoxy) is 1. The minimum Gasteiger partial charge on any atom is -0.394 e. The molecule has 2 rings (SSSR count). The second-order valence-corrected chi connectivity index (χ2v) is 4.89. The van der Waals surface area contributed by atoms with Crippen molar-refractivity contribution < 1.29 is 31.8 Å². The van der Waals surface area contributed by atoms with Gasteiger partial charge in [0.15, 0.2) is 11.0 Å². The first-order chi connectivity index (χ1) is 9.60. The smallest absolute Gasteiger partial charge is 0.394 e. The van der Waals surface area contributed by atoms with Crippen molar-refractivity contribution in [3.63, 3.8) is 0 Å². The molecule has 11 heteroatoms. The van der Waals surface area contributed by atoms with Gasteiger partial charge in [-0.3, -0.25) is 14.3 Å². The quantitative estimate of drug-likeness (QED) is 0.638. The van der Waals surface area contributed by atoms with Crippen molar-refractivity contribution in [3.05, 3.63) is 27.1 Å². The number of alkyl halides is 4. The van der Waals surface area contributed by atoms with Gasteiger partial charge in [0.1, 0.15) is 0 Å². The standard InChI is InChI=1S/C10H9F5N2O3S/c11-5-2-17(8(21)16-6(5)19)7-9(12,10(13,14)15)1-4(3-18)20-7/h2,4,7,18H,1,3H2,(H,16,19,21). The Balaban J connectivity index is 2.58. The number of nitrogens with zero attached hydrogens (tertiary/aromatic N) is 1. The van der Waals surface area contributed by atoms with Crippen molar-refractivity contribution in [1.82, 2.24) is 9.55 Å². The maximum Gasteiger partial charge on any atom is 0.427 e. The molecule has 21 heavy (non-hydrogen) atoms. The van der Waals surface area contributed by atoms with Crippen LogP contribution < -0.4 is 5.56 Å². The molecule has 1 aliphatic heterocycles. The molecule has 0 aliphatic carbocycles. The molecular formula is C10H9F5N2O3S. The van der Waals surface area contributed by atoms with Crippen molar-refractivity contribution in [3.8, 4) is 0 Å². The summed E-state index contributed by atoms with van der Waals surface area (Å²) >= 11 is 4.60. The predicted octanol–water partition coefficient (Wildman–Crippen LogP) is 1.60. The number of aliphatic hydroxyl groups is 1. The van der Waals surface area contributed by atoms with Crippen LogP contribution in [-0.4, -0.2) is 39.2 Å². The highest BCUT2D eigenvalue weighted by molar-refractivity contribution is 7.71. The summed E-state index contributed by atoms with van der Waals surface area (Å²) < 4.78 is 70.9. The Bertz CT molecular complexity index is 657. The Labute approximate surface area is 119 Å². The molecule has 1 aliphatic rings. The van der Waals surface area contributed by atoms with Crippen LogP contribution in [-0.2, 0) is 4.74 Å². The molecule has 0 radical (unpaired) electrons. The monoisotopic (exact) mass is 332 g/mol. The lowest BCUT2D eigenvalue weighted by atomic mass is 9.99. The average Bonchev–Trinajstić information content (AvgIpc) is 2.72. The Morgan fingerprint density at radius 1 is 1.57 bits per heavy atom. The average molecular weight is 332 g/mol. The molecule has 1 aromatic heterocycles. The largest absolute Gasteiger partial charge is 0.427 e. The number of hydrogen-bond donors (Lipinski definition) is 2. The number of aromatic nitrogens is 2. The molecule has 2 N–H and O–H groups in total. The SMILES string of the molecule is O=c1[nH]c(=S)n(C2OC(CO)CC2(F)C(F)(F)F)cc1F. The second kappa shape index (κ2) is 5.14. The summed E-state index contributed by atoms with van der Waals surface area (Å²) in [7, 11) is 0. The lowest BCUT2D eigenvalue weighted by Crippen LogP contribution is -2.46. The van der Waals surface area contributed by atoms with Crippen LogP contribution in [0.25, 0.3) is 0 Å². The maximum absolute atomic E-state index is 14.4. The zero-order valence-corrected chi connectivity index (χ0v) is 11.0. The van der Waals surface area contributed by atoms with E-state index in [4.69, 9.17) is 9.84 Å². The van der Waals surface area contributed by atoms with Gasteiger partial charge in [-0.1, -0.05) is 0 Å². The molecule has 0 spiro atoms. The van der Waals surface area contributed by atoms with Gasteiger partial charge in [0.2, 0.25) is 5.82 Å². The summed E-state index contributed by atoms with van der Waals surface area (Å²) in [5.41, 5.74) is -5.12. The summed E-state index contributed by atoms with van der Waals surface area (Å²) in [6.45, 7) is -0.850. The van der Waals surface area contributed by atoms with Gasteiger partial charge < -0.3 is 9.84 Å². The van der Waals surface area contributed by atoms with Crippen LogP contribution in [0, 0.1) is 10.6 Å². The minimum absolute atomic E-state index is 0.339. The summed E-state index contributed by atoms with van der Waals surface area (Å²) in [5.74, 6) is -1.44. The van der Waals surface area contributed by atoms with E-state index in [1.807, 2.05) is 0 Å². The van der Waals surface area contributed by atoms with Crippen molar-refractivity contribution >= 4 is 12.2 Å². The van der Waals surface area contributed by atoms with Gasteiger partial charge in [-0.2, -0.15) is 17.6 Å². The third-order valence-electron chi connectivity index (χ3n) is 3.09. The van der Waals surface area contributed by atoms with Gasteiger partial charge in [-0.25, -0.2) is 4.39 Å². The second-order valence-electron chi connectivity index (χ2n) is 4.50. The lowest BCUT2D eigenvalue weighted by molar-refractivity contribution is -0.256. The number of hydrogen-bond acceptors (Lipinski definition) is 4. The molecule has 0 saturated carbocycles. The number of rotatable bonds is 2. The molecule has 1 saturated heterocycles. The maximum atomic E-state index is 14.4. The Hall–Kier alpha value is -1.33. The first kappa shape index (κ1) is 16.0. The molecule has 0 aromatic carbocycles. The highest BCUT2D eigenvalue weighted by Gasteiger charge is 2.67. The summed E-state index contributed by atoms with van der Waals surface area (Å²) in [6, 6.07) is 0. The van der Waals surface area contributed by atoms with Crippen LogP contribution in [0.1, 0.15) is 12.6 Å². The van der Waals surface area contributed by atoms with E-state index >= 15 is 0 Å². The van der Waals surface area contributed by atoms with Gasteiger partial charge in [0.25, 0.3) is 11.2 Å². The summed E-state index contributed by atoms with van der Waals surface area (Å²) in [6.07, 6.45) is -9.93. The van der Waals surface area contributed by atoms with Crippen LogP contribution in [0.15, 0.2) is 11.0 Å². The summed E-state index contributed by atoms with van der Waals surface area (Å²) in [5, 5.41) is 8.87. The van der Waals surface area contributed by atoms with E-state index in [9.17, 15) is 26.7 Å². The van der Waals surface area contributed by atoms with E-state index in [1.165, 1.54) is 0 Å². The Morgan fingerprint density at radius 2 is 2.19 bits per heavy atom. The molecule has 2 heterocycles. The fourth-order valence-electron chi connectivity index (χ4n) is 2.05. The topological polar surface area (TPSA) is 67.2 Å². The van der Waals surface area contributed by atoms with Gasteiger partial charge in [0.05, 0.1) is 18.9 Å². The van der Waals surface area contributed by atoms with Gasteiger partial charge in [-0.05, 0) is 12.2 Å². The zero-order chi connectivity index (χ0) is 16.0. The molecule has 1 fully saturated rings. The van der Waals surface area contributed by atoms with E-state index in [1.54, 1.807) is 4.98 Å². The molecule has 0 amide bonds. The van der Waals surface area contributed by atoms with Crippen LogP contribution in [0.5, 0.6) is 0 Å². The zero-order valence-electron chi connectivity index (χ0n) is 10.2. The predicted molar refractivity (Wildman–Crippen MR) is 61.4 cm³/mol. The van der Waals surface area contributed by atoms with Crippen LogP contribution in [0.2, 0.25) is 0 Å². The summed E-state index contributed by atoms with van der Waals surface area (Å²) in [4.78, 5) is 12.8. The van der Waals surface area contributed by atoms with Crippen molar-refractivity contribution in [2.75, 3.05) is 6.61 Å². The molecule has 1 aromatic rings. The van der Waals surface area contributed by atoms with E-state index in [-0.39, 0.29) is 0 Å². The Kier molecular flexibility index (Phi) is 3.93. The molecular weight excluding hydrogens is 323 g/mol. The molecule has 0 bridgehead atoms. The number of aromatic amines is 1.